The fraction of sp³-hybridized carbons (Fsp3) is 0.846. The number of ether oxygens (including phenoxy) is 1. The lowest BCUT2D eigenvalue weighted by Crippen LogP contribution is -2.57. The predicted molar refractivity (Wildman–Crippen MR) is 79.7 cm³/mol. The van der Waals surface area contributed by atoms with Crippen molar-refractivity contribution in [2.24, 2.45) is 11.1 Å². The van der Waals surface area contributed by atoms with Gasteiger partial charge in [-0.3, -0.25) is 9.59 Å². The molecule has 20 heavy (non-hydrogen) atoms. The second-order valence-electron chi connectivity index (χ2n) is 5.98. The molecule has 0 saturated carbocycles. The number of carbonyl (C=O) groups is 2. The van der Waals surface area contributed by atoms with Gasteiger partial charge in [-0.05, 0) is 5.41 Å². The van der Waals surface area contributed by atoms with Gasteiger partial charge in [0, 0.05) is 33.3 Å². The van der Waals surface area contributed by atoms with Crippen molar-refractivity contribution in [3.8, 4) is 0 Å². The molecule has 1 saturated heterocycles. The van der Waals surface area contributed by atoms with Gasteiger partial charge < -0.3 is 20.3 Å². The van der Waals surface area contributed by atoms with Crippen molar-refractivity contribution >= 4 is 24.2 Å². The van der Waals surface area contributed by atoms with E-state index in [1.54, 1.807) is 9.80 Å². The number of amides is 2. The first kappa shape index (κ1) is 19.1. The Bertz CT molecular complexity index is 336. The quantitative estimate of drug-likeness (QED) is 0.802. The normalized spacial score (nSPS) is 17.4. The van der Waals surface area contributed by atoms with Gasteiger partial charge in [0.05, 0.1) is 6.04 Å². The van der Waals surface area contributed by atoms with E-state index in [1.807, 2.05) is 20.8 Å². The molecule has 2 amide bonds. The van der Waals surface area contributed by atoms with E-state index < -0.39 is 6.04 Å². The molecule has 7 heteroatoms. The molecule has 0 bridgehead atoms. The van der Waals surface area contributed by atoms with E-state index in [1.165, 1.54) is 7.11 Å². The molecule has 2 N–H and O–H groups in total. The summed E-state index contributed by atoms with van der Waals surface area (Å²) >= 11 is 0. The third-order valence-corrected chi connectivity index (χ3v) is 3.41. The van der Waals surface area contributed by atoms with Crippen molar-refractivity contribution in [3.63, 3.8) is 0 Å². The maximum absolute atomic E-state index is 12.2. The summed E-state index contributed by atoms with van der Waals surface area (Å²) in [7, 11) is 1.50. The van der Waals surface area contributed by atoms with Crippen molar-refractivity contribution in [2.45, 2.75) is 26.8 Å². The number of methoxy groups -OCH3 is 1. The van der Waals surface area contributed by atoms with Crippen molar-refractivity contribution in [1.82, 2.24) is 9.80 Å². The number of nitrogens with two attached hydrogens (primary N) is 1. The molecule has 1 aliphatic heterocycles. The van der Waals surface area contributed by atoms with E-state index >= 15 is 0 Å². The molecule has 1 aliphatic rings. The summed E-state index contributed by atoms with van der Waals surface area (Å²) in [5, 5.41) is 0. The fourth-order valence-electron chi connectivity index (χ4n) is 1.96. The molecular weight excluding hydrogens is 282 g/mol. The molecule has 0 unspecified atom stereocenters. The minimum absolute atomic E-state index is 0. The molecule has 1 heterocycles. The maximum atomic E-state index is 12.2. The Kier molecular flexibility index (Phi) is 7.47. The first-order valence-electron chi connectivity index (χ1n) is 6.58. The van der Waals surface area contributed by atoms with Gasteiger partial charge in [0.2, 0.25) is 11.8 Å². The minimum atomic E-state index is -0.506. The molecule has 0 radical (unpaired) electrons. The number of hydrogen-bond donors (Lipinski definition) is 1. The summed E-state index contributed by atoms with van der Waals surface area (Å²) in [6.07, 6.45) is 0. The van der Waals surface area contributed by atoms with E-state index in [9.17, 15) is 9.59 Å². The molecule has 0 aromatic carbocycles. The molecule has 0 aromatic rings. The summed E-state index contributed by atoms with van der Waals surface area (Å²) < 4.78 is 4.82. The minimum Gasteiger partial charge on any atom is -0.375 e. The highest BCUT2D eigenvalue weighted by atomic mass is 35.5. The Morgan fingerprint density at radius 2 is 1.60 bits per heavy atom. The second-order valence-corrected chi connectivity index (χ2v) is 5.98. The Morgan fingerprint density at radius 3 is 2.00 bits per heavy atom. The van der Waals surface area contributed by atoms with Crippen LogP contribution in [0.2, 0.25) is 0 Å². The second kappa shape index (κ2) is 7.81. The summed E-state index contributed by atoms with van der Waals surface area (Å²) in [4.78, 5) is 27.3. The summed E-state index contributed by atoms with van der Waals surface area (Å²) in [5.74, 6) is -0.0685. The summed E-state index contributed by atoms with van der Waals surface area (Å²) in [6, 6.07) is -0.506. The van der Waals surface area contributed by atoms with E-state index in [0.717, 1.165) is 0 Å². The first-order valence-corrected chi connectivity index (χ1v) is 6.58. The standard InChI is InChI=1S/C13H25N3O3.ClH/c1-13(2,3)11(14)12(18)16-7-5-15(6-8-16)10(17)9-19-4;/h11H,5-9,14H2,1-4H3;1H/t11-;/m1./s1. The highest BCUT2D eigenvalue weighted by molar-refractivity contribution is 5.85. The predicted octanol–water partition coefficient (Wildman–Crippen LogP) is 0.0988. The Hall–Kier alpha value is -0.850. The van der Waals surface area contributed by atoms with Crippen molar-refractivity contribution < 1.29 is 14.3 Å². The van der Waals surface area contributed by atoms with E-state index in [4.69, 9.17) is 10.5 Å². The van der Waals surface area contributed by atoms with Crippen LogP contribution in [0.25, 0.3) is 0 Å². The molecule has 0 spiro atoms. The largest absolute Gasteiger partial charge is 0.375 e. The number of nitrogens with zero attached hydrogens (tertiary/aromatic N) is 2. The Morgan fingerprint density at radius 1 is 1.15 bits per heavy atom. The van der Waals surface area contributed by atoms with Crippen LogP contribution < -0.4 is 5.73 Å². The van der Waals surface area contributed by atoms with Crippen LogP contribution in [0.3, 0.4) is 0 Å². The molecule has 1 rings (SSSR count). The topological polar surface area (TPSA) is 75.9 Å². The number of carbonyl (C=O) groups excluding carboxylic acids is 2. The van der Waals surface area contributed by atoms with Gasteiger partial charge in [0.25, 0.3) is 0 Å². The van der Waals surface area contributed by atoms with Crippen LogP contribution in [0, 0.1) is 5.41 Å². The van der Waals surface area contributed by atoms with Gasteiger partial charge in [-0.25, -0.2) is 0 Å². The zero-order valence-corrected chi connectivity index (χ0v) is 13.5. The summed E-state index contributed by atoms with van der Waals surface area (Å²) in [5.41, 5.74) is 5.73. The lowest BCUT2D eigenvalue weighted by Gasteiger charge is -2.38. The highest BCUT2D eigenvalue weighted by Crippen LogP contribution is 2.19. The lowest BCUT2D eigenvalue weighted by atomic mass is 9.86. The monoisotopic (exact) mass is 307 g/mol. The molecule has 1 atom stereocenters. The maximum Gasteiger partial charge on any atom is 0.248 e. The van der Waals surface area contributed by atoms with Crippen LogP contribution in [0.1, 0.15) is 20.8 Å². The Labute approximate surface area is 127 Å². The van der Waals surface area contributed by atoms with Gasteiger partial charge >= 0.3 is 0 Å². The first-order chi connectivity index (χ1) is 8.77. The van der Waals surface area contributed by atoms with Crippen molar-refractivity contribution in [1.29, 1.82) is 0 Å². The Balaban J connectivity index is 0.00000361. The highest BCUT2D eigenvalue weighted by Gasteiger charge is 2.33. The molecule has 0 aromatic heterocycles. The third-order valence-electron chi connectivity index (χ3n) is 3.41. The molecule has 118 valence electrons. The van der Waals surface area contributed by atoms with Crippen LogP contribution in [-0.4, -0.2) is 67.6 Å². The third kappa shape index (κ3) is 4.92. The number of rotatable bonds is 3. The fourth-order valence-corrected chi connectivity index (χ4v) is 1.96. The molecule has 0 aliphatic carbocycles. The zero-order valence-electron chi connectivity index (χ0n) is 12.7. The van der Waals surface area contributed by atoms with Crippen LogP contribution in [0.5, 0.6) is 0 Å². The zero-order chi connectivity index (χ0) is 14.6. The number of piperazine rings is 1. The molecule has 6 nitrogen and oxygen atoms in total. The van der Waals surface area contributed by atoms with E-state index in [2.05, 4.69) is 0 Å². The average molecular weight is 308 g/mol. The summed E-state index contributed by atoms with van der Waals surface area (Å²) in [6.45, 7) is 8.12. The van der Waals surface area contributed by atoms with E-state index in [-0.39, 0.29) is 36.2 Å². The van der Waals surface area contributed by atoms with Gasteiger partial charge in [0.1, 0.15) is 6.61 Å². The van der Waals surface area contributed by atoms with Gasteiger partial charge in [-0.2, -0.15) is 0 Å². The van der Waals surface area contributed by atoms with Crippen LogP contribution in [0.4, 0.5) is 0 Å². The molecule has 1 fully saturated rings. The SMILES string of the molecule is COCC(=O)N1CCN(C(=O)[C@@H](N)C(C)(C)C)CC1.Cl. The number of hydrogen-bond acceptors (Lipinski definition) is 4. The smallest absolute Gasteiger partial charge is 0.248 e. The van der Waals surface area contributed by atoms with Gasteiger partial charge in [0.15, 0.2) is 0 Å². The van der Waals surface area contributed by atoms with Crippen LogP contribution >= 0.6 is 12.4 Å². The van der Waals surface area contributed by atoms with Gasteiger partial charge in [-0.15, -0.1) is 12.4 Å². The average Bonchev–Trinajstić information content (AvgIpc) is 2.36. The van der Waals surface area contributed by atoms with E-state index in [0.29, 0.717) is 26.2 Å². The van der Waals surface area contributed by atoms with Crippen molar-refractivity contribution in [2.75, 3.05) is 39.9 Å². The van der Waals surface area contributed by atoms with Crippen LogP contribution in [-0.2, 0) is 14.3 Å². The van der Waals surface area contributed by atoms with Crippen LogP contribution in [0.15, 0.2) is 0 Å². The molecular formula is C13H26ClN3O3. The van der Waals surface area contributed by atoms with Gasteiger partial charge in [-0.1, -0.05) is 20.8 Å². The number of halogens is 1. The van der Waals surface area contributed by atoms with Crippen molar-refractivity contribution in [3.05, 3.63) is 0 Å². The lowest BCUT2D eigenvalue weighted by molar-refractivity contribution is -0.143.